The minimum Gasteiger partial charge on any atom is -0.326 e. The molecule has 1 fully saturated rings. The first kappa shape index (κ1) is 20.5. The van der Waals surface area contributed by atoms with Gasteiger partial charge in [0.2, 0.25) is 11.8 Å². The molecule has 1 aliphatic carbocycles. The number of carbonyl (C=O) groups excluding carboxylic acids is 2. The van der Waals surface area contributed by atoms with E-state index in [2.05, 4.69) is 16.0 Å². The summed E-state index contributed by atoms with van der Waals surface area (Å²) in [6, 6.07) is 5.54. The normalized spacial score (nSPS) is 13.8. The van der Waals surface area contributed by atoms with Crippen molar-refractivity contribution in [3.05, 3.63) is 23.8 Å². The van der Waals surface area contributed by atoms with Gasteiger partial charge in [0.25, 0.3) is 0 Å². The molecular formula is C18H28ClN3O2. The Bertz CT molecular complexity index is 592. The molecular weight excluding hydrogens is 326 g/mol. The van der Waals surface area contributed by atoms with E-state index in [0.29, 0.717) is 12.2 Å². The summed E-state index contributed by atoms with van der Waals surface area (Å²) >= 11 is 0. The molecule has 0 heterocycles. The van der Waals surface area contributed by atoms with Crippen molar-refractivity contribution < 1.29 is 9.59 Å². The van der Waals surface area contributed by atoms with Gasteiger partial charge in [-0.05, 0) is 49.9 Å². The van der Waals surface area contributed by atoms with E-state index in [4.69, 9.17) is 0 Å². The molecule has 1 aromatic carbocycles. The highest BCUT2D eigenvalue weighted by Crippen LogP contribution is 2.27. The van der Waals surface area contributed by atoms with Crippen LogP contribution in [-0.2, 0) is 9.59 Å². The smallest absolute Gasteiger partial charge is 0.238 e. The summed E-state index contributed by atoms with van der Waals surface area (Å²) in [6.45, 7) is 8.76. The van der Waals surface area contributed by atoms with Gasteiger partial charge in [0, 0.05) is 16.8 Å². The van der Waals surface area contributed by atoms with Gasteiger partial charge in [0.15, 0.2) is 0 Å². The van der Waals surface area contributed by atoms with Crippen LogP contribution in [-0.4, -0.2) is 24.9 Å². The van der Waals surface area contributed by atoms with E-state index in [9.17, 15) is 9.59 Å². The molecule has 0 spiro atoms. The van der Waals surface area contributed by atoms with Crippen LogP contribution >= 0.6 is 12.4 Å². The van der Waals surface area contributed by atoms with Crippen LogP contribution in [0.25, 0.3) is 0 Å². The Morgan fingerprint density at radius 3 is 2.42 bits per heavy atom. The van der Waals surface area contributed by atoms with Crippen molar-refractivity contribution in [1.29, 1.82) is 0 Å². The van der Waals surface area contributed by atoms with E-state index in [1.807, 2.05) is 39.8 Å². The summed E-state index contributed by atoms with van der Waals surface area (Å²) in [5.41, 5.74) is 1.93. The highest BCUT2D eigenvalue weighted by atomic mass is 35.5. The minimum atomic E-state index is -0.457. The molecule has 0 aliphatic heterocycles. The van der Waals surface area contributed by atoms with E-state index in [0.717, 1.165) is 23.7 Å². The molecule has 0 saturated heterocycles. The topological polar surface area (TPSA) is 70.2 Å². The Hall–Kier alpha value is -1.59. The summed E-state index contributed by atoms with van der Waals surface area (Å²) < 4.78 is 0. The van der Waals surface area contributed by atoms with Crippen LogP contribution in [0.5, 0.6) is 0 Å². The molecule has 0 unspecified atom stereocenters. The van der Waals surface area contributed by atoms with Gasteiger partial charge in [-0.1, -0.05) is 26.8 Å². The lowest BCUT2D eigenvalue weighted by atomic mass is 9.95. The molecule has 1 aliphatic rings. The fourth-order valence-electron chi connectivity index (χ4n) is 2.06. The molecule has 0 aromatic heterocycles. The molecule has 5 nitrogen and oxygen atoms in total. The SMILES string of the molecule is Cc1ccc(NC(=O)C(C)(C)C)cc1NC(=O)CNCC1CC1.Cl. The monoisotopic (exact) mass is 353 g/mol. The zero-order chi connectivity index (χ0) is 17.0. The Kier molecular flexibility index (Phi) is 7.24. The number of halogens is 1. The van der Waals surface area contributed by atoms with Crippen LogP contribution in [0.4, 0.5) is 11.4 Å². The number of hydrogen-bond acceptors (Lipinski definition) is 3. The van der Waals surface area contributed by atoms with Crippen LogP contribution in [0, 0.1) is 18.3 Å². The van der Waals surface area contributed by atoms with Crippen molar-refractivity contribution in [1.82, 2.24) is 5.32 Å². The molecule has 2 rings (SSSR count). The van der Waals surface area contributed by atoms with Crippen LogP contribution in [0.1, 0.15) is 39.2 Å². The fourth-order valence-corrected chi connectivity index (χ4v) is 2.06. The molecule has 0 radical (unpaired) electrons. The standard InChI is InChI=1S/C18H27N3O2.ClH/c1-12-5-8-14(20-17(23)18(2,3)4)9-15(12)21-16(22)11-19-10-13-6-7-13;/h5,8-9,13,19H,6-7,10-11H2,1-4H3,(H,20,23)(H,21,22);1H. The van der Waals surface area contributed by atoms with E-state index < -0.39 is 5.41 Å². The van der Waals surface area contributed by atoms with Crippen molar-refractivity contribution in [2.75, 3.05) is 23.7 Å². The summed E-state index contributed by atoms with van der Waals surface area (Å²) in [4.78, 5) is 24.1. The van der Waals surface area contributed by atoms with E-state index in [1.165, 1.54) is 12.8 Å². The zero-order valence-corrected chi connectivity index (χ0v) is 15.7. The third-order valence-electron chi connectivity index (χ3n) is 3.87. The number of nitrogens with one attached hydrogen (secondary N) is 3. The molecule has 2 amide bonds. The van der Waals surface area contributed by atoms with Gasteiger partial charge < -0.3 is 16.0 Å². The van der Waals surface area contributed by atoms with Gasteiger partial charge in [-0.2, -0.15) is 0 Å². The van der Waals surface area contributed by atoms with Gasteiger partial charge >= 0.3 is 0 Å². The van der Waals surface area contributed by atoms with Gasteiger partial charge in [-0.15, -0.1) is 12.4 Å². The molecule has 134 valence electrons. The Balaban J connectivity index is 0.00000288. The average molecular weight is 354 g/mol. The second-order valence-electron chi connectivity index (χ2n) is 7.36. The number of rotatable bonds is 6. The van der Waals surface area contributed by atoms with Crippen molar-refractivity contribution in [2.45, 2.75) is 40.5 Å². The lowest BCUT2D eigenvalue weighted by Crippen LogP contribution is -2.30. The zero-order valence-electron chi connectivity index (χ0n) is 14.9. The van der Waals surface area contributed by atoms with E-state index in [-0.39, 0.29) is 24.2 Å². The number of carbonyl (C=O) groups is 2. The predicted octanol–water partition coefficient (Wildman–Crippen LogP) is 3.34. The Labute approximate surface area is 150 Å². The van der Waals surface area contributed by atoms with E-state index >= 15 is 0 Å². The summed E-state index contributed by atoms with van der Waals surface area (Å²) in [7, 11) is 0. The maximum Gasteiger partial charge on any atom is 0.238 e. The van der Waals surface area contributed by atoms with Gasteiger partial charge in [-0.3, -0.25) is 9.59 Å². The number of hydrogen-bond donors (Lipinski definition) is 3. The molecule has 0 bridgehead atoms. The van der Waals surface area contributed by atoms with Gasteiger partial charge in [0.1, 0.15) is 0 Å². The molecule has 1 saturated carbocycles. The lowest BCUT2D eigenvalue weighted by Gasteiger charge is -2.18. The first-order valence-corrected chi connectivity index (χ1v) is 8.18. The van der Waals surface area contributed by atoms with Gasteiger partial charge in [0.05, 0.1) is 6.54 Å². The van der Waals surface area contributed by atoms with Crippen molar-refractivity contribution in [3.8, 4) is 0 Å². The van der Waals surface area contributed by atoms with Gasteiger partial charge in [-0.25, -0.2) is 0 Å². The predicted molar refractivity (Wildman–Crippen MR) is 101 cm³/mol. The van der Waals surface area contributed by atoms with Crippen molar-refractivity contribution >= 4 is 35.6 Å². The highest BCUT2D eigenvalue weighted by Gasteiger charge is 2.22. The largest absolute Gasteiger partial charge is 0.326 e. The Morgan fingerprint density at radius 2 is 1.83 bits per heavy atom. The van der Waals surface area contributed by atoms with Crippen molar-refractivity contribution in [2.24, 2.45) is 11.3 Å². The maximum absolute atomic E-state index is 12.1. The Morgan fingerprint density at radius 1 is 1.17 bits per heavy atom. The second-order valence-corrected chi connectivity index (χ2v) is 7.36. The summed E-state index contributed by atoms with van der Waals surface area (Å²) in [5.74, 6) is 0.637. The first-order chi connectivity index (χ1) is 10.8. The minimum absolute atomic E-state index is 0. The quantitative estimate of drug-likeness (QED) is 0.734. The number of benzene rings is 1. The number of anilines is 2. The van der Waals surface area contributed by atoms with Crippen LogP contribution in [0.2, 0.25) is 0 Å². The molecule has 0 atom stereocenters. The number of aryl methyl sites for hydroxylation is 1. The average Bonchev–Trinajstić information content (AvgIpc) is 3.25. The lowest BCUT2D eigenvalue weighted by molar-refractivity contribution is -0.123. The van der Waals surface area contributed by atoms with Crippen molar-refractivity contribution in [3.63, 3.8) is 0 Å². The molecule has 24 heavy (non-hydrogen) atoms. The van der Waals surface area contributed by atoms with Crippen LogP contribution in [0.3, 0.4) is 0 Å². The number of amides is 2. The second kappa shape index (κ2) is 8.49. The van der Waals surface area contributed by atoms with E-state index in [1.54, 1.807) is 6.07 Å². The molecule has 6 heteroatoms. The van der Waals surface area contributed by atoms with Crippen LogP contribution in [0.15, 0.2) is 18.2 Å². The third kappa shape index (κ3) is 6.49. The first-order valence-electron chi connectivity index (χ1n) is 8.18. The summed E-state index contributed by atoms with van der Waals surface area (Å²) in [5, 5.41) is 8.96. The summed E-state index contributed by atoms with van der Waals surface area (Å²) in [6.07, 6.45) is 2.53. The maximum atomic E-state index is 12.1. The highest BCUT2D eigenvalue weighted by molar-refractivity contribution is 5.97. The molecule has 1 aromatic rings. The molecule has 3 N–H and O–H groups in total. The fraction of sp³-hybridized carbons (Fsp3) is 0.556. The van der Waals surface area contributed by atoms with Crippen LogP contribution < -0.4 is 16.0 Å². The third-order valence-corrected chi connectivity index (χ3v) is 3.87.